The summed E-state index contributed by atoms with van der Waals surface area (Å²) in [6.07, 6.45) is 1.24. The molecule has 2 aromatic heterocycles. The van der Waals surface area contributed by atoms with E-state index in [9.17, 15) is 19.8 Å². The number of hydrogen-bond donors (Lipinski definition) is 2. The van der Waals surface area contributed by atoms with Gasteiger partial charge in [-0.05, 0) is 17.7 Å². The normalized spacial score (nSPS) is 19.5. The molecule has 10 nitrogen and oxygen atoms in total. The quantitative estimate of drug-likeness (QED) is 0.708. The summed E-state index contributed by atoms with van der Waals surface area (Å²) in [6, 6.07) is 4.38. The van der Waals surface area contributed by atoms with E-state index in [1.807, 2.05) is 18.2 Å². The van der Waals surface area contributed by atoms with E-state index >= 15 is 0 Å². The SMILES string of the molecule is C=Cc1ccc2c(O[C@@H]3C[C@@H](C(=O)O)N(C(=O)O)C3)nn3cnnc3c2c1. The number of amides is 1. The van der Waals surface area contributed by atoms with Gasteiger partial charge in [0.05, 0.1) is 6.54 Å². The fourth-order valence-electron chi connectivity index (χ4n) is 3.27. The molecule has 1 aliphatic rings. The number of likely N-dealkylation sites (tertiary alicyclic amines) is 1. The van der Waals surface area contributed by atoms with Crippen LogP contribution in [0.5, 0.6) is 5.88 Å². The molecular weight excluding hydrogens is 354 g/mol. The molecule has 2 N–H and O–H groups in total. The van der Waals surface area contributed by atoms with Gasteiger partial charge in [-0.25, -0.2) is 9.59 Å². The Bertz CT molecular complexity index is 1060. The minimum atomic E-state index is -1.30. The standard InChI is InChI=1S/C17H15N5O5/c1-2-9-3-4-11-12(5-9)14-19-18-8-22(14)20-15(11)27-10-6-13(16(23)24)21(7-10)17(25)26/h2-5,8,10,13H,1,6-7H2,(H,23,24)(H,25,26)/t10-,13+/m1/s1. The van der Waals surface area contributed by atoms with Crippen molar-refractivity contribution >= 4 is 34.6 Å². The number of carboxylic acids is 1. The maximum atomic E-state index is 11.3. The van der Waals surface area contributed by atoms with Gasteiger partial charge >= 0.3 is 12.1 Å². The van der Waals surface area contributed by atoms with Crippen LogP contribution in [0.25, 0.3) is 22.5 Å². The molecule has 0 saturated carbocycles. The lowest BCUT2D eigenvalue weighted by atomic mass is 10.1. The van der Waals surface area contributed by atoms with Crippen molar-refractivity contribution in [1.82, 2.24) is 24.7 Å². The maximum absolute atomic E-state index is 11.3. The van der Waals surface area contributed by atoms with E-state index in [1.165, 1.54) is 10.8 Å². The Balaban J connectivity index is 1.74. The van der Waals surface area contributed by atoms with E-state index in [1.54, 1.807) is 6.08 Å². The fraction of sp³-hybridized carbons (Fsp3) is 0.235. The van der Waals surface area contributed by atoms with E-state index in [0.29, 0.717) is 11.0 Å². The van der Waals surface area contributed by atoms with Gasteiger partial charge in [-0.3, -0.25) is 4.90 Å². The van der Waals surface area contributed by atoms with Crippen molar-refractivity contribution < 1.29 is 24.5 Å². The minimum Gasteiger partial charge on any atom is -0.480 e. The first-order valence-electron chi connectivity index (χ1n) is 8.13. The molecule has 0 bridgehead atoms. The van der Waals surface area contributed by atoms with Crippen molar-refractivity contribution in [3.05, 3.63) is 36.7 Å². The van der Waals surface area contributed by atoms with Gasteiger partial charge in [-0.15, -0.1) is 15.3 Å². The van der Waals surface area contributed by atoms with Crippen LogP contribution in [0.1, 0.15) is 12.0 Å². The number of benzene rings is 1. The zero-order valence-electron chi connectivity index (χ0n) is 14.0. The Labute approximate surface area is 152 Å². The summed E-state index contributed by atoms with van der Waals surface area (Å²) < 4.78 is 7.38. The predicted octanol–water partition coefficient (Wildman–Crippen LogP) is 1.50. The lowest BCUT2D eigenvalue weighted by Gasteiger charge is -2.16. The lowest BCUT2D eigenvalue weighted by molar-refractivity contribution is -0.141. The van der Waals surface area contributed by atoms with Gasteiger partial charge in [0.2, 0.25) is 5.88 Å². The second-order valence-electron chi connectivity index (χ2n) is 6.18. The summed E-state index contributed by atoms with van der Waals surface area (Å²) in [4.78, 5) is 23.5. The molecule has 0 aliphatic carbocycles. The van der Waals surface area contributed by atoms with Gasteiger partial charge in [0, 0.05) is 17.2 Å². The van der Waals surface area contributed by atoms with E-state index in [0.717, 1.165) is 15.8 Å². The first-order chi connectivity index (χ1) is 13.0. The zero-order chi connectivity index (χ0) is 19.1. The van der Waals surface area contributed by atoms with Crippen LogP contribution < -0.4 is 4.74 Å². The van der Waals surface area contributed by atoms with E-state index in [-0.39, 0.29) is 18.8 Å². The molecule has 1 saturated heterocycles. The molecule has 1 aliphatic heterocycles. The van der Waals surface area contributed by atoms with Crippen molar-refractivity contribution in [2.24, 2.45) is 0 Å². The van der Waals surface area contributed by atoms with Crippen LogP contribution in [0.15, 0.2) is 31.1 Å². The second-order valence-corrected chi connectivity index (χ2v) is 6.18. The summed E-state index contributed by atoms with van der Waals surface area (Å²) in [5.74, 6) is -0.944. The molecule has 1 fully saturated rings. The number of fused-ring (bicyclic) bond motifs is 3. The largest absolute Gasteiger partial charge is 0.480 e. The topological polar surface area (TPSA) is 130 Å². The molecule has 2 atom stereocenters. The van der Waals surface area contributed by atoms with Crippen LogP contribution in [-0.2, 0) is 4.79 Å². The molecule has 3 heterocycles. The summed E-state index contributed by atoms with van der Waals surface area (Å²) >= 11 is 0. The van der Waals surface area contributed by atoms with E-state index in [2.05, 4.69) is 21.9 Å². The van der Waals surface area contributed by atoms with Gasteiger partial charge in [-0.2, -0.15) is 4.52 Å². The van der Waals surface area contributed by atoms with Gasteiger partial charge in [0.25, 0.3) is 0 Å². The molecular formula is C17H15N5O5. The molecule has 10 heteroatoms. The third-order valence-corrected chi connectivity index (χ3v) is 4.55. The molecule has 0 unspecified atom stereocenters. The highest BCUT2D eigenvalue weighted by Crippen LogP contribution is 2.30. The van der Waals surface area contributed by atoms with Crippen LogP contribution in [-0.4, -0.2) is 65.7 Å². The molecule has 3 aromatic rings. The highest BCUT2D eigenvalue weighted by molar-refractivity contribution is 5.97. The number of rotatable bonds is 4. The number of carboxylic acid groups (broad SMARTS) is 2. The van der Waals surface area contributed by atoms with Crippen LogP contribution in [0, 0.1) is 0 Å². The molecule has 0 spiro atoms. The van der Waals surface area contributed by atoms with Gasteiger partial charge in [0.1, 0.15) is 18.5 Å². The van der Waals surface area contributed by atoms with Crippen LogP contribution in [0.3, 0.4) is 0 Å². The zero-order valence-corrected chi connectivity index (χ0v) is 14.0. The third-order valence-electron chi connectivity index (χ3n) is 4.55. The van der Waals surface area contributed by atoms with Crippen molar-refractivity contribution in [3.63, 3.8) is 0 Å². The van der Waals surface area contributed by atoms with Crippen molar-refractivity contribution in [2.45, 2.75) is 18.6 Å². The third kappa shape index (κ3) is 2.80. The molecule has 138 valence electrons. The first-order valence-corrected chi connectivity index (χ1v) is 8.13. The summed E-state index contributed by atoms with van der Waals surface area (Å²) in [7, 11) is 0. The maximum Gasteiger partial charge on any atom is 0.408 e. The Morgan fingerprint density at radius 3 is 2.78 bits per heavy atom. The van der Waals surface area contributed by atoms with Crippen molar-refractivity contribution in [3.8, 4) is 5.88 Å². The van der Waals surface area contributed by atoms with Crippen molar-refractivity contribution in [1.29, 1.82) is 0 Å². The number of nitrogens with zero attached hydrogens (tertiary/aromatic N) is 5. The number of ether oxygens (including phenoxy) is 1. The number of carbonyl (C=O) groups is 2. The number of hydrogen-bond acceptors (Lipinski definition) is 6. The Hall–Kier alpha value is -3.69. The van der Waals surface area contributed by atoms with Gasteiger partial charge in [0.15, 0.2) is 5.65 Å². The average Bonchev–Trinajstić information content (AvgIpc) is 3.28. The number of aromatic nitrogens is 4. The predicted molar refractivity (Wildman–Crippen MR) is 93.6 cm³/mol. The van der Waals surface area contributed by atoms with Crippen LogP contribution in [0.4, 0.5) is 4.79 Å². The van der Waals surface area contributed by atoms with Crippen LogP contribution >= 0.6 is 0 Å². The Morgan fingerprint density at radius 1 is 1.30 bits per heavy atom. The van der Waals surface area contributed by atoms with E-state index < -0.39 is 24.2 Å². The fourth-order valence-corrected chi connectivity index (χ4v) is 3.27. The minimum absolute atomic E-state index is 0.0375. The van der Waals surface area contributed by atoms with Gasteiger partial charge < -0.3 is 14.9 Å². The summed E-state index contributed by atoms with van der Waals surface area (Å²) in [6.45, 7) is 3.70. The van der Waals surface area contributed by atoms with Crippen molar-refractivity contribution in [2.75, 3.05) is 6.54 Å². The molecule has 1 aromatic carbocycles. The lowest BCUT2D eigenvalue weighted by Crippen LogP contribution is -2.39. The molecule has 0 radical (unpaired) electrons. The first kappa shape index (κ1) is 16.8. The number of aliphatic carboxylic acids is 1. The van der Waals surface area contributed by atoms with E-state index in [4.69, 9.17) is 4.74 Å². The highest BCUT2D eigenvalue weighted by Gasteiger charge is 2.41. The highest BCUT2D eigenvalue weighted by atomic mass is 16.5. The summed E-state index contributed by atoms with van der Waals surface area (Å²) in [5, 5.41) is 32.2. The molecule has 4 rings (SSSR count). The smallest absolute Gasteiger partial charge is 0.408 e. The molecule has 27 heavy (non-hydrogen) atoms. The molecule has 1 amide bonds. The van der Waals surface area contributed by atoms with Crippen LogP contribution in [0.2, 0.25) is 0 Å². The monoisotopic (exact) mass is 369 g/mol. The summed E-state index contributed by atoms with van der Waals surface area (Å²) in [5.41, 5.74) is 1.43. The Morgan fingerprint density at radius 2 is 2.11 bits per heavy atom. The second kappa shape index (κ2) is 6.24. The average molecular weight is 369 g/mol. The van der Waals surface area contributed by atoms with Gasteiger partial charge in [-0.1, -0.05) is 18.7 Å². The Kier molecular flexibility index (Phi) is 3.87.